The van der Waals surface area contributed by atoms with Gasteiger partial charge in [-0.1, -0.05) is 10.3 Å². The number of nitrogens with zero attached hydrogens (tertiary/aromatic N) is 4. The molecule has 0 saturated carbocycles. The Hall–Kier alpha value is -2.14. The zero-order chi connectivity index (χ0) is 14.3. The van der Waals surface area contributed by atoms with E-state index in [1.807, 2.05) is 0 Å². The molecule has 0 aromatic carbocycles. The molecule has 0 fully saturated rings. The summed E-state index contributed by atoms with van der Waals surface area (Å²) in [7, 11) is 0. The highest BCUT2D eigenvalue weighted by atomic mass is 19.4. The number of hydrogen-bond donors (Lipinski definition) is 0. The third kappa shape index (κ3) is 3.00. The Labute approximate surface area is 98.9 Å². The summed E-state index contributed by atoms with van der Waals surface area (Å²) in [4.78, 5) is 5.89. The van der Waals surface area contributed by atoms with E-state index in [1.54, 1.807) is 0 Å². The molecule has 0 aliphatic carbocycles. The fourth-order valence-corrected chi connectivity index (χ4v) is 1.02. The van der Waals surface area contributed by atoms with Crippen LogP contribution < -0.4 is 0 Å². The lowest BCUT2D eigenvalue weighted by Gasteiger charge is -1.96. The van der Waals surface area contributed by atoms with Crippen LogP contribution in [0.15, 0.2) is 9.05 Å². The van der Waals surface area contributed by atoms with E-state index in [9.17, 15) is 26.3 Å². The van der Waals surface area contributed by atoms with E-state index >= 15 is 0 Å². The maximum absolute atomic E-state index is 12.1. The van der Waals surface area contributed by atoms with Crippen LogP contribution in [0.5, 0.6) is 0 Å². The van der Waals surface area contributed by atoms with Gasteiger partial charge in [0.1, 0.15) is 0 Å². The quantitative estimate of drug-likeness (QED) is 0.787. The van der Waals surface area contributed by atoms with Gasteiger partial charge >= 0.3 is 24.1 Å². The second kappa shape index (κ2) is 4.20. The van der Waals surface area contributed by atoms with Crippen molar-refractivity contribution in [2.75, 3.05) is 0 Å². The number of halogens is 6. The van der Waals surface area contributed by atoms with Gasteiger partial charge in [0.05, 0.1) is 6.42 Å². The minimum Gasteiger partial charge on any atom is -0.329 e. The molecule has 0 atom stereocenters. The zero-order valence-corrected chi connectivity index (χ0v) is 8.58. The first kappa shape index (κ1) is 13.3. The Morgan fingerprint density at radius 3 is 1.37 bits per heavy atom. The second-order valence-corrected chi connectivity index (χ2v) is 3.20. The normalized spacial score (nSPS) is 12.9. The van der Waals surface area contributed by atoms with Crippen LogP contribution in [0.3, 0.4) is 0 Å². The summed E-state index contributed by atoms with van der Waals surface area (Å²) in [5.74, 6) is -4.24. The first-order valence-corrected chi connectivity index (χ1v) is 4.46. The van der Waals surface area contributed by atoms with Crippen LogP contribution in [0.4, 0.5) is 26.3 Å². The molecule has 0 radical (unpaired) electrons. The van der Waals surface area contributed by atoms with Gasteiger partial charge in [-0.2, -0.15) is 36.3 Å². The van der Waals surface area contributed by atoms with Gasteiger partial charge in [0, 0.05) is 0 Å². The summed E-state index contributed by atoms with van der Waals surface area (Å²) in [5, 5.41) is 5.88. The molecule has 0 aliphatic rings. The molecule has 6 nitrogen and oxygen atoms in total. The average Bonchev–Trinajstić information content (AvgIpc) is 2.84. The van der Waals surface area contributed by atoms with E-state index in [1.165, 1.54) is 0 Å². The maximum atomic E-state index is 12.1. The molecular formula is C7H2F6N4O2. The van der Waals surface area contributed by atoms with Crippen LogP contribution in [0.25, 0.3) is 0 Å². The van der Waals surface area contributed by atoms with Crippen molar-refractivity contribution < 1.29 is 35.4 Å². The van der Waals surface area contributed by atoms with E-state index in [2.05, 4.69) is 29.3 Å². The van der Waals surface area contributed by atoms with Gasteiger partial charge in [0.25, 0.3) is 0 Å². The Bertz CT molecular complexity index is 520. The van der Waals surface area contributed by atoms with E-state index < -0.39 is 42.2 Å². The second-order valence-electron chi connectivity index (χ2n) is 3.20. The highest BCUT2D eigenvalue weighted by molar-refractivity contribution is 5.00. The molecule has 12 heteroatoms. The predicted molar refractivity (Wildman–Crippen MR) is 41.4 cm³/mol. The van der Waals surface area contributed by atoms with Crippen molar-refractivity contribution in [2.24, 2.45) is 0 Å². The van der Waals surface area contributed by atoms with Crippen molar-refractivity contribution >= 4 is 0 Å². The third-order valence-electron chi connectivity index (χ3n) is 1.74. The number of aromatic nitrogens is 4. The van der Waals surface area contributed by atoms with Crippen LogP contribution in [-0.4, -0.2) is 20.3 Å². The van der Waals surface area contributed by atoms with Crippen molar-refractivity contribution in [1.29, 1.82) is 0 Å². The van der Waals surface area contributed by atoms with Gasteiger partial charge in [-0.05, 0) is 0 Å². The summed E-state index contributed by atoms with van der Waals surface area (Å²) in [5.41, 5.74) is 0. The molecule has 0 unspecified atom stereocenters. The smallest absolute Gasteiger partial charge is 0.329 e. The average molecular weight is 288 g/mol. The monoisotopic (exact) mass is 288 g/mol. The SMILES string of the molecule is FC(F)(F)c1nc(Cc2noc(C(F)(F)F)n2)no1. The van der Waals surface area contributed by atoms with Gasteiger partial charge < -0.3 is 9.05 Å². The largest absolute Gasteiger partial charge is 0.471 e. The van der Waals surface area contributed by atoms with E-state index in [0.717, 1.165) is 0 Å². The number of alkyl halides is 6. The molecule has 0 bridgehead atoms. The van der Waals surface area contributed by atoms with Crippen molar-refractivity contribution in [3.8, 4) is 0 Å². The summed E-state index contributed by atoms with van der Waals surface area (Å²) >= 11 is 0. The van der Waals surface area contributed by atoms with Crippen LogP contribution in [-0.2, 0) is 18.8 Å². The summed E-state index contributed by atoms with van der Waals surface area (Å²) in [6.07, 6.45) is -10.3. The molecule has 0 spiro atoms. The molecule has 2 aromatic rings. The maximum Gasteiger partial charge on any atom is 0.471 e. The summed E-state index contributed by atoms with van der Waals surface area (Å²) in [6, 6.07) is 0. The van der Waals surface area contributed by atoms with E-state index in [0.29, 0.717) is 0 Å². The highest BCUT2D eigenvalue weighted by Crippen LogP contribution is 2.29. The molecule has 2 rings (SSSR count). The molecule has 0 amide bonds. The van der Waals surface area contributed by atoms with Crippen molar-refractivity contribution in [2.45, 2.75) is 18.8 Å². The van der Waals surface area contributed by atoms with Gasteiger partial charge in [0.15, 0.2) is 11.6 Å². The molecule has 104 valence electrons. The molecule has 19 heavy (non-hydrogen) atoms. The molecule has 0 N–H and O–H groups in total. The Kier molecular flexibility index (Phi) is 2.94. The standard InChI is InChI=1S/C7H2F6N4O2/c8-6(9,10)4-14-2(16-18-4)1-3-15-5(19-17-3)7(11,12)13/h1H2. The predicted octanol–water partition coefficient (Wildman–Crippen LogP) is 2.08. The number of rotatable bonds is 2. The van der Waals surface area contributed by atoms with Crippen LogP contribution in [0.1, 0.15) is 23.4 Å². The van der Waals surface area contributed by atoms with Gasteiger partial charge in [0.2, 0.25) is 0 Å². The van der Waals surface area contributed by atoms with Gasteiger partial charge in [-0.3, -0.25) is 0 Å². The minimum atomic E-state index is -4.83. The Morgan fingerprint density at radius 2 is 1.11 bits per heavy atom. The lowest BCUT2D eigenvalue weighted by atomic mass is 10.4. The Balaban J connectivity index is 2.14. The third-order valence-corrected chi connectivity index (χ3v) is 1.74. The molecule has 2 heterocycles. The van der Waals surface area contributed by atoms with Crippen LogP contribution in [0.2, 0.25) is 0 Å². The molecule has 0 aliphatic heterocycles. The Morgan fingerprint density at radius 1 is 0.737 bits per heavy atom. The summed E-state index contributed by atoms with van der Waals surface area (Å²) in [6.45, 7) is 0. The first-order chi connectivity index (χ1) is 8.66. The highest BCUT2D eigenvalue weighted by Gasteiger charge is 2.40. The molecule has 0 saturated heterocycles. The lowest BCUT2D eigenvalue weighted by molar-refractivity contribution is -0.160. The minimum absolute atomic E-state index is 0.512. The van der Waals surface area contributed by atoms with Crippen molar-refractivity contribution in [3.63, 3.8) is 0 Å². The fourth-order valence-electron chi connectivity index (χ4n) is 1.02. The van der Waals surface area contributed by atoms with E-state index in [-0.39, 0.29) is 0 Å². The molecule has 2 aromatic heterocycles. The fraction of sp³-hybridized carbons (Fsp3) is 0.429. The lowest BCUT2D eigenvalue weighted by Crippen LogP contribution is -2.06. The number of hydrogen-bond acceptors (Lipinski definition) is 6. The van der Waals surface area contributed by atoms with Crippen LogP contribution in [0, 0.1) is 0 Å². The summed E-state index contributed by atoms with van der Waals surface area (Å²) < 4.78 is 80.4. The van der Waals surface area contributed by atoms with E-state index in [4.69, 9.17) is 0 Å². The van der Waals surface area contributed by atoms with Crippen LogP contribution >= 0.6 is 0 Å². The van der Waals surface area contributed by atoms with Gasteiger partial charge in [-0.15, -0.1) is 0 Å². The van der Waals surface area contributed by atoms with Crippen molar-refractivity contribution in [1.82, 2.24) is 20.3 Å². The molecular weight excluding hydrogens is 286 g/mol. The topological polar surface area (TPSA) is 77.8 Å². The zero-order valence-electron chi connectivity index (χ0n) is 8.58. The first-order valence-electron chi connectivity index (χ1n) is 4.46. The van der Waals surface area contributed by atoms with Gasteiger partial charge in [-0.25, -0.2) is 0 Å². The van der Waals surface area contributed by atoms with Crippen molar-refractivity contribution in [3.05, 3.63) is 23.4 Å².